The molecular weight excluding hydrogens is 382 g/mol. The molecule has 1 saturated heterocycles. The predicted octanol–water partition coefficient (Wildman–Crippen LogP) is 2.79. The average Bonchev–Trinajstić information content (AvgIpc) is 3.27. The van der Waals surface area contributed by atoms with Crippen molar-refractivity contribution >= 4 is 33.7 Å². The Bertz CT molecular complexity index is 1240. The van der Waals surface area contributed by atoms with Crippen molar-refractivity contribution in [3.05, 3.63) is 36.3 Å². The first-order valence-electron chi connectivity index (χ1n) is 10.4. The number of morpholine rings is 1. The van der Waals surface area contributed by atoms with E-state index in [0.717, 1.165) is 79.4 Å². The smallest absolute Gasteiger partial charge is 0.308 e. The average molecular weight is 407 g/mol. The highest BCUT2D eigenvalue weighted by atomic mass is 16.5. The van der Waals surface area contributed by atoms with Crippen molar-refractivity contribution in [2.45, 2.75) is 26.8 Å². The van der Waals surface area contributed by atoms with Crippen LogP contribution in [-0.4, -0.2) is 62.7 Å². The van der Waals surface area contributed by atoms with Crippen LogP contribution < -0.4 is 4.74 Å². The normalized spacial score (nSPS) is 15.4. The number of imidazole rings is 1. The molecular formula is C22H25N5O3. The summed E-state index contributed by atoms with van der Waals surface area (Å²) < 4.78 is 15.1. The minimum Gasteiger partial charge on any atom is -0.424 e. The van der Waals surface area contributed by atoms with E-state index in [1.165, 1.54) is 6.92 Å². The molecule has 0 atom stereocenters. The first kappa shape index (κ1) is 19.0. The molecule has 0 N–H and O–H groups in total. The Hall–Kier alpha value is -2.97. The summed E-state index contributed by atoms with van der Waals surface area (Å²) in [4.78, 5) is 23.9. The van der Waals surface area contributed by atoms with E-state index in [-0.39, 0.29) is 5.97 Å². The number of aromatic nitrogens is 4. The van der Waals surface area contributed by atoms with E-state index in [9.17, 15) is 4.79 Å². The van der Waals surface area contributed by atoms with Crippen LogP contribution >= 0.6 is 0 Å². The molecule has 1 aliphatic heterocycles. The second kappa shape index (κ2) is 7.70. The second-order valence-electron chi connectivity index (χ2n) is 7.71. The van der Waals surface area contributed by atoms with Gasteiger partial charge in [-0.2, -0.15) is 0 Å². The van der Waals surface area contributed by atoms with Crippen LogP contribution in [0, 0.1) is 6.92 Å². The Balaban J connectivity index is 1.58. The lowest BCUT2D eigenvalue weighted by atomic mass is 10.3. The number of carbonyl (C=O) groups is 1. The van der Waals surface area contributed by atoms with E-state index >= 15 is 0 Å². The van der Waals surface area contributed by atoms with E-state index in [2.05, 4.69) is 9.47 Å². The molecule has 1 fully saturated rings. The molecule has 5 rings (SSSR count). The zero-order chi connectivity index (χ0) is 20.7. The SMILES string of the molecule is CC(=O)Oc1cn(CCCN2CCOCC2)c2nc(C)n3c4ccccc4nc3c12. The Morgan fingerprint density at radius 2 is 1.93 bits per heavy atom. The quantitative estimate of drug-likeness (QED) is 0.474. The van der Waals surface area contributed by atoms with Gasteiger partial charge in [0.25, 0.3) is 0 Å². The molecule has 0 radical (unpaired) electrons. The van der Waals surface area contributed by atoms with Gasteiger partial charge in [0.05, 0.1) is 24.2 Å². The molecule has 156 valence electrons. The van der Waals surface area contributed by atoms with E-state index in [4.69, 9.17) is 19.4 Å². The van der Waals surface area contributed by atoms with Crippen molar-refractivity contribution in [3.63, 3.8) is 0 Å². The van der Waals surface area contributed by atoms with Gasteiger partial charge < -0.3 is 14.0 Å². The molecule has 4 aromatic rings. The fourth-order valence-electron chi connectivity index (χ4n) is 4.27. The lowest BCUT2D eigenvalue weighted by molar-refractivity contribution is -0.131. The third-order valence-corrected chi connectivity index (χ3v) is 5.62. The molecule has 4 heterocycles. The molecule has 0 amide bonds. The maximum absolute atomic E-state index is 11.8. The number of ether oxygens (including phenoxy) is 2. The van der Waals surface area contributed by atoms with Crippen molar-refractivity contribution in [2.75, 3.05) is 32.8 Å². The molecule has 0 spiro atoms. The summed E-state index contributed by atoms with van der Waals surface area (Å²) in [6, 6.07) is 7.97. The van der Waals surface area contributed by atoms with Crippen LogP contribution in [0.15, 0.2) is 30.5 Å². The number of benzene rings is 1. The summed E-state index contributed by atoms with van der Waals surface area (Å²) in [7, 11) is 0. The number of fused-ring (bicyclic) bond motifs is 5. The van der Waals surface area contributed by atoms with Crippen molar-refractivity contribution in [3.8, 4) is 5.75 Å². The number of nitrogens with zero attached hydrogens (tertiary/aromatic N) is 5. The van der Waals surface area contributed by atoms with E-state index in [0.29, 0.717) is 5.75 Å². The van der Waals surface area contributed by atoms with Crippen molar-refractivity contribution < 1.29 is 14.3 Å². The predicted molar refractivity (Wildman–Crippen MR) is 114 cm³/mol. The van der Waals surface area contributed by atoms with Gasteiger partial charge in [-0.3, -0.25) is 14.1 Å². The summed E-state index contributed by atoms with van der Waals surface area (Å²) in [5.74, 6) is 1.02. The molecule has 0 unspecified atom stereocenters. The van der Waals surface area contributed by atoms with Crippen molar-refractivity contribution in [1.29, 1.82) is 0 Å². The number of para-hydroxylation sites is 2. The number of hydrogen-bond acceptors (Lipinski definition) is 6. The van der Waals surface area contributed by atoms with E-state index in [1.54, 1.807) is 0 Å². The minimum absolute atomic E-state index is 0.350. The van der Waals surface area contributed by atoms with Crippen LogP contribution in [-0.2, 0) is 16.1 Å². The zero-order valence-corrected chi connectivity index (χ0v) is 17.3. The molecule has 0 aliphatic carbocycles. The summed E-state index contributed by atoms with van der Waals surface area (Å²) in [6.07, 6.45) is 2.86. The lowest BCUT2D eigenvalue weighted by Gasteiger charge is -2.26. The molecule has 30 heavy (non-hydrogen) atoms. The zero-order valence-electron chi connectivity index (χ0n) is 17.3. The standard InChI is InChI=1S/C22H25N5O3/c1-15-23-21-20(22-24-17-6-3-4-7-18(17)27(15)22)19(30-16(2)28)14-26(21)9-5-8-25-10-12-29-13-11-25/h3-4,6-7,14H,5,8-13H2,1-2H3. The summed E-state index contributed by atoms with van der Waals surface area (Å²) in [6.45, 7) is 8.75. The molecule has 8 heteroatoms. The topological polar surface area (TPSA) is 73.9 Å². The van der Waals surface area contributed by atoms with Crippen LogP contribution in [0.3, 0.4) is 0 Å². The van der Waals surface area contributed by atoms with Gasteiger partial charge in [0.15, 0.2) is 11.4 Å². The maximum Gasteiger partial charge on any atom is 0.308 e. The largest absolute Gasteiger partial charge is 0.424 e. The van der Waals surface area contributed by atoms with Crippen LogP contribution in [0.1, 0.15) is 19.2 Å². The van der Waals surface area contributed by atoms with Crippen LogP contribution in [0.4, 0.5) is 0 Å². The van der Waals surface area contributed by atoms with Crippen LogP contribution in [0.5, 0.6) is 5.75 Å². The monoisotopic (exact) mass is 407 g/mol. The first-order chi connectivity index (χ1) is 14.6. The van der Waals surface area contributed by atoms with Crippen LogP contribution in [0.25, 0.3) is 27.7 Å². The first-order valence-corrected chi connectivity index (χ1v) is 10.4. The number of esters is 1. The summed E-state index contributed by atoms with van der Waals surface area (Å²) in [5, 5.41) is 0.776. The molecule has 3 aromatic heterocycles. The lowest BCUT2D eigenvalue weighted by Crippen LogP contribution is -2.37. The van der Waals surface area contributed by atoms with Gasteiger partial charge in [-0.05, 0) is 25.5 Å². The van der Waals surface area contributed by atoms with Gasteiger partial charge in [-0.25, -0.2) is 9.97 Å². The number of carbonyl (C=O) groups excluding carboxylic acids is 1. The van der Waals surface area contributed by atoms with Gasteiger partial charge in [0.2, 0.25) is 0 Å². The van der Waals surface area contributed by atoms with E-state index < -0.39 is 0 Å². The highest BCUT2D eigenvalue weighted by Crippen LogP contribution is 2.33. The van der Waals surface area contributed by atoms with Gasteiger partial charge in [-0.15, -0.1) is 0 Å². The van der Waals surface area contributed by atoms with Crippen molar-refractivity contribution in [2.24, 2.45) is 0 Å². The van der Waals surface area contributed by atoms with Gasteiger partial charge in [-0.1, -0.05) is 12.1 Å². The third kappa shape index (κ3) is 3.32. The molecule has 1 aromatic carbocycles. The number of rotatable bonds is 5. The summed E-state index contributed by atoms with van der Waals surface area (Å²) in [5.41, 5.74) is 3.45. The highest BCUT2D eigenvalue weighted by molar-refractivity contribution is 6.00. The fraction of sp³-hybridized carbons (Fsp3) is 0.409. The number of aryl methyl sites for hydroxylation is 2. The minimum atomic E-state index is -0.350. The molecule has 0 bridgehead atoms. The van der Waals surface area contributed by atoms with Crippen molar-refractivity contribution in [1.82, 2.24) is 23.8 Å². The molecule has 0 saturated carbocycles. The molecule has 8 nitrogen and oxygen atoms in total. The van der Waals surface area contributed by atoms with Crippen LogP contribution in [0.2, 0.25) is 0 Å². The van der Waals surface area contributed by atoms with E-state index in [1.807, 2.05) is 41.8 Å². The maximum atomic E-state index is 11.8. The summed E-state index contributed by atoms with van der Waals surface area (Å²) >= 11 is 0. The Morgan fingerprint density at radius 3 is 2.73 bits per heavy atom. The Morgan fingerprint density at radius 1 is 1.13 bits per heavy atom. The van der Waals surface area contributed by atoms with Gasteiger partial charge in [0, 0.05) is 39.3 Å². The second-order valence-corrected chi connectivity index (χ2v) is 7.71. The Labute approximate surface area is 174 Å². The molecule has 1 aliphatic rings. The fourth-order valence-corrected chi connectivity index (χ4v) is 4.27. The third-order valence-electron chi connectivity index (χ3n) is 5.62. The Kier molecular flexibility index (Phi) is 4.88. The number of hydrogen-bond donors (Lipinski definition) is 0. The van der Waals surface area contributed by atoms with Gasteiger partial charge >= 0.3 is 5.97 Å². The van der Waals surface area contributed by atoms with Gasteiger partial charge in [0.1, 0.15) is 16.9 Å². The highest BCUT2D eigenvalue weighted by Gasteiger charge is 2.21.